The SMILES string of the molecule is CC(c1ccccn1)C(N)C1CCCCO1. The fourth-order valence-electron chi connectivity index (χ4n) is 2.23. The molecule has 0 radical (unpaired) electrons. The summed E-state index contributed by atoms with van der Waals surface area (Å²) in [5.41, 5.74) is 7.32. The summed E-state index contributed by atoms with van der Waals surface area (Å²) in [6.45, 7) is 2.98. The number of aromatic nitrogens is 1. The number of rotatable bonds is 3. The fraction of sp³-hybridized carbons (Fsp3) is 0.615. The lowest BCUT2D eigenvalue weighted by atomic mass is 9.90. The highest BCUT2D eigenvalue weighted by Crippen LogP contribution is 2.24. The summed E-state index contributed by atoms with van der Waals surface area (Å²) in [5.74, 6) is 0.254. The third kappa shape index (κ3) is 2.60. The van der Waals surface area contributed by atoms with Gasteiger partial charge in [-0.3, -0.25) is 4.98 Å². The van der Waals surface area contributed by atoms with E-state index >= 15 is 0 Å². The summed E-state index contributed by atoms with van der Waals surface area (Å²) in [7, 11) is 0. The van der Waals surface area contributed by atoms with Crippen molar-refractivity contribution in [1.29, 1.82) is 0 Å². The van der Waals surface area contributed by atoms with Crippen molar-refractivity contribution in [2.24, 2.45) is 5.73 Å². The fourth-order valence-corrected chi connectivity index (χ4v) is 2.23. The lowest BCUT2D eigenvalue weighted by molar-refractivity contribution is -0.00398. The van der Waals surface area contributed by atoms with Crippen molar-refractivity contribution < 1.29 is 4.74 Å². The molecule has 1 aliphatic heterocycles. The Kier molecular flexibility index (Phi) is 3.91. The van der Waals surface area contributed by atoms with Gasteiger partial charge in [-0.2, -0.15) is 0 Å². The summed E-state index contributed by atoms with van der Waals surface area (Å²) in [6, 6.07) is 6.02. The van der Waals surface area contributed by atoms with Crippen LogP contribution in [0.1, 0.15) is 37.8 Å². The normalized spacial score (nSPS) is 25.0. The molecule has 0 bridgehead atoms. The van der Waals surface area contributed by atoms with Crippen molar-refractivity contribution in [2.75, 3.05) is 6.61 Å². The summed E-state index contributed by atoms with van der Waals surface area (Å²) >= 11 is 0. The maximum absolute atomic E-state index is 6.26. The Hall–Kier alpha value is -0.930. The van der Waals surface area contributed by atoms with Crippen LogP contribution in [0.2, 0.25) is 0 Å². The topological polar surface area (TPSA) is 48.1 Å². The maximum atomic E-state index is 6.26. The van der Waals surface area contributed by atoms with E-state index in [0.717, 1.165) is 18.7 Å². The zero-order valence-electron chi connectivity index (χ0n) is 9.80. The molecule has 88 valence electrons. The quantitative estimate of drug-likeness (QED) is 0.848. The number of hydrogen-bond donors (Lipinski definition) is 1. The number of ether oxygens (including phenoxy) is 1. The average Bonchev–Trinajstić information content (AvgIpc) is 2.39. The zero-order chi connectivity index (χ0) is 11.4. The molecule has 1 aliphatic rings. The van der Waals surface area contributed by atoms with Crippen LogP contribution in [0.5, 0.6) is 0 Å². The van der Waals surface area contributed by atoms with E-state index in [9.17, 15) is 0 Å². The van der Waals surface area contributed by atoms with E-state index in [1.807, 2.05) is 24.4 Å². The van der Waals surface area contributed by atoms with Gasteiger partial charge < -0.3 is 10.5 Å². The molecule has 1 fully saturated rings. The second kappa shape index (κ2) is 5.41. The highest BCUT2D eigenvalue weighted by atomic mass is 16.5. The zero-order valence-corrected chi connectivity index (χ0v) is 9.80. The third-order valence-electron chi connectivity index (χ3n) is 3.38. The lowest BCUT2D eigenvalue weighted by Crippen LogP contribution is -2.42. The molecule has 1 aromatic rings. The lowest BCUT2D eigenvalue weighted by Gasteiger charge is -2.31. The van der Waals surface area contributed by atoms with Crippen LogP contribution in [-0.4, -0.2) is 23.7 Å². The van der Waals surface area contributed by atoms with Gasteiger partial charge in [0.05, 0.1) is 6.10 Å². The molecule has 0 saturated carbocycles. The molecule has 0 amide bonds. The van der Waals surface area contributed by atoms with Crippen molar-refractivity contribution in [1.82, 2.24) is 4.98 Å². The van der Waals surface area contributed by atoms with Gasteiger partial charge in [0.1, 0.15) is 0 Å². The van der Waals surface area contributed by atoms with Crippen LogP contribution in [0.3, 0.4) is 0 Å². The first-order chi connectivity index (χ1) is 7.79. The van der Waals surface area contributed by atoms with Crippen molar-refractivity contribution in [2.45, 2.75) is 44.2 Å². The predicted molar refractivity (Wildman–Crippen MR) is 64.2 cm³/mol. The van der Waals surface area contributed by atoms with Gasteiger partial charge in [-0.1, -0.05) is 13.0 Å². The number of nitrogens with zero attached hydrogens (tertiary/aromatic N) is 1. The van der Waals surface area contributed by atoms with Crippen LogP contribution in [0.4, 0.5) is 0 Å². The highest BCUT2D eigenvalue weighted by molar-refractivity contribution is 5.11. The molecule has 0 aromatic carbocycles. The summed E-state index contributed by atoms with van der Waals surface area (Å²) < 4.78 is 5.73. The van der Waals surface area contributed by atoms with Crippen molar-refractivity contribution in [3.63, 3.8) is 0 Å². The van der Waals surface area contributed by atoms with E-state index in [1.54, 1.807) is 0 Å². The molecular formula is C13H20N2O. The standard InChI is InChI=1S/C13H20N2O/c1-10(11-6-2-4-8-15-11)13(14)12-7-3-5-9-16-12/h2,4,6,8,10,12-13H,3,5,7,9,14H2,1H3. The van der Waals surface area contributed by atoms with E-state index < -0.39 is 0 Å². The van der Waals surface area contributed by atoms with Gasteiger partial charge in [0, 0.05) is 30.5 Å². The van der Waals surface area contributed by atoms with E-state index in [4.69, 9.17) is 10.5 Å². The Morgan fingerprint density at radius 2 is 2.31 bits per heavy atom. The minimum Gasteiger partial charge on any atom is -0.377 e. The largest absolute Gasteiger partial charge is 0.377 e. The van der Waals surface area contributed by atoms with Crippen molar-refractivity contribution >= 4 is 0 Å². The molecule has 2 rings (SSSR count). The van der Waals surface area contributed by atoms with Gasteiger partial charge in [0.2, 0.25) is 0 Å². The van der Waals surface area contributed by atoms with Crippen LogP contribution in [-0.2, 0) is 4.74 Å². The molecule has 0 aliphatic carbocycles. The average molecular weight is 220 g/mol. The summed E-state index contributed by atoms with van der Waals surface area (Å²) in [4.78, 5) is 4.36. The molecule has 3 atom stereocenters. The summed E-state index contributed by atoms with van der Waals surface area (Å²) in [5, 5.41) is 0. The molecule has 16 heavy (non-hydrogen) atoms. The monoisotopic (exact) mass is 220 g/mol. The second-order valence-corrected chi connectivity index (χ2v) is 4.53. The van der Waals surface area contributed by atoms with E-state index in [2.05, 4.69) is 11.9 Å². The minimum atomic E-state index is 0.0511. The predicted octanol–water partition coefficient (Wildman–Crippen LogP) is 2.08. The van der Waals surface area contributed by atoms with Crippen molar-refractivity contribution in [3.05, 3.63) is 30.1 Å². The molecule has 1 aromatic heterocycles. The molecule has 0 spiro atoms. The van der Waals surface area contributed by atoms with E-state index in [-0.39, 0.29) is 18.1 Å². The maximum Gasteiger partial charge on any atom is 0.0732 e. The van der Waals surface area contributed by atoms with Crippen LogP contribution in [0, 0.1) is 0 Å². The van der Waals surface area contributed by atoms with Gasteiger partial charge in [0.15, 0.2) is 0 Å². The van der Waals surface area contributed by atoms with Crippen LogP contribution in [0.25, 0.3) is 0 Å². The Bertz CT molecular complexity index is 309. The molecule has 2 N–H and O–H groups in total. The molecule has 3 nitrogen and oxygen atoms in total. The number of pyridine rings is 1. The van der Waals surface area contributed by atoms with Gasteiger partial charge in [-0.05, 0) is 31.4 Å². The van der Waals surface area contributed by atoms with Crippen LogP contribution in [0.15, 0.2) is 24.4 Å². The Morgan fingerprint density at radius 1 is 1.44 bits per heavy atom. The molecule has 3 unspecified atom stereocenters. The Labute approximate surface area is 97.0 Å². The van der Waals surface area contributed by atoms with Gasteiger partial charge >= 0.3 is 0 Å². The Balaban J connectivity index is 2.00. The smallest absolute Gasteiger partial charge is 0.0732 e. The van der Waals surface area contributed by atoms with E-state index in [0.29, 0.717) is 0 Å². The molecule has 3 heteroatoms. The second-order valence-electron chi connectivity index (χ2n) is 4.53. The van der Waals surface area contributed by atoms with Crippen LogP contribution >= 0.6 is 0 Å². The Morgan fingerprint density at radius 3 is 2.94 bits per heavy atom. The molecular weight excluding hydrogens is 200 g/mol. The first-order valence-electron chi connectivity index (χ1n) is 6.07. The van der Waals surface area contributed by atoms with Gasteiger partial charge in [-0.15, -0.1) is 0 Å². The van der Waals surface area contributed by atoms with Gasteiger partial charge in [0.25, 0.3) is 0 Å². The first-order valence-corrected chi connectivity index (χ1v) is 6.07. The highest BCUT2D eigenvalue weighted by Gasteiger charge is 2.27. The number of hydrogen-bond acceptors (Lipinski definition) is 3. The number of nitrogens with two attached hydrogens (primary N) is 1. The van der Waals surface area contributed by atoms with Crippen molar-refractivity contribution in [3.8, 4) is 0 Å². The van der Waals surface area contributed by atoms with Gasteiger partial charge in [-0.25, -0.2) is 0 Å². The minimum absolute atomic E-state index is 0.0511. The molecule has 1 saturated heterocycles. The molecule has 2 heterocycles. The van der Waals surface area contributed by atoms with E-state index in [1.165, 1.54) is 12.8 Å². The summed E-state index contributed by atoms with van der Waals surface area (Å²) in [6.07, 6.45) is 5.50. The first kappa shape index (κ1) is 11.6. The van der Waals surface area contributed by atoms with Crippen LogP contribution < -0.4 is 5.73 Å². The third-order valence-corrected chi connectivity index (χ3v) is 3.38.